The number of likely N-dealkylation sites (tertiary alicyclic amines) is 1. The summed E-state index contributed by atoms with van der Waals surface area (Å²) < 4.78 is 52.6. The van der Waals surface area contributed by atoms with Crippen molar-refractivity contribution in [1.82, 2.24) is 10.2 Å². The molecule has 1 fully saturated rings. The van der Waals surface area contributed by atoms with Crippen LogP contribution in [0, 0.1) is 0 Å². The molecular formula is C27H37ClN4O6S2. The third-order valence-corrected chi connectivity index (χ3v) is 10.2. The van der Waals surface area contributed by atoms with Crippen LogP contribution in [-0.2, 0) is 40.6 Å². The van der Waals surface area contributed by atoms with E-state index < -0.39 is 54.4 Å². The van der Waals surface area contributed by atoms with E-state index in [9.17, 15) is 26.4 Å². The molecule has 10 nitrogen and oxygen atoms in total. The van der Waals surface area contributed by atoms with Crippen LogP contribution >= 0.6 is 12.4 Å². The number of piperidine rings is 1. The van der Waals surface area contributed by atoms with Gasteiger partial charge in [0, 0.05) is 25.0 Å². The molecule has 0 aliphatic carbocycles. The van der Waals surface area contributed by atoms with Crippen LogP contribution in [0.1, 0.15) is 37.8 Å². The smallest absolute Gasteiger partial charge is 0.246 e. The SMILES string of the molecule is CC(C)(N)C(=O)N[C@H](CS(=O)(=O)Cc1ccccc1)C(=O)N1CCC2(CC1)CN(S(C)(=O)=O)c1ccccc12.Cl. The highest BCUT2D eigenvalue weighted by atomic mass is 35.5. The lowest BCUT2D eigenvalue weighted by Crippen LogP contribution is -2.59. The lowest BCUT2D eigenvalue weighted by Gasteiger charge is -2.41. The predicted octanol–water partition coefficient (Wildman–Crippen LogP) is 1.59. The maximum absolute atomic E-state index is 13.7. The summed E-state index contributed by atoms with van der Waals surface area (Å²) in [4.78, 5) is 27.9. The Morgan fingerprint density at radius 3 is 2.15 bits per heavy atom. The number of rotatable bonds is 8. The first-order valence-electron chi connectivity index (χ1n) is 12.8. The molecule has 2 aromatic rings. The fourth-order valence-electron chi connectivity index (χ4n) is 5.34. The Balaban J connectivity index is 0.00000441. The zero-order valence-electron chi connectivity index (χ0n) is 22.9. The number of para-hydroxylation sites is 1. The molecule has 2 aliphatic heterocycles. The molecule has 4 rings (SSSR count). The fourth-order valence-corrected chi connectivity index (χ4v) is 7.89. The van der Waals surface area contributed by atoms with E-state index >= 15 is 0 Å². The minimum atomic E-state index is -3.77. The third kappa shape index (κ3) is 6.96. The van der Waals surface area contributed by atoms with Gasteiger partial charge in [-0.1, -0.05) is 48.5 Å². The molecule has 1 atom stereocenters. The number of sulfone groups is 1. The number of nitrogens with zero attached hydrogens (tertiary/aromatic N) is 2. The van der Waals surface area contributed by atoms with Crippen molar-refractivity contribution in [3.05, 3.63) is 65.7 Å². The molecule has 2 aliphatic rings. The van der Waals surface area contributed by atoms with Crippen LogP contribution in [0.15, 0.2) is 54.6 Å². The molecule has 0 saturated carbocycles. The highest BCUT2D eigenvalue weighted by Crippen LogP contribution is 2.47. The summed E-state index contributed by atoms with van der Waals surface area (Å²) in [6, 6.07) is 14.8. The molecule has 2 amide bonds. The van der Waals surface area contributed by atoms with E-state index in [1.807, 2.05) is 12.1 Å². The number of anilines is 1. The Bertz CT molecular complexity index is 1450. The molecule has 2 aromatic carbocycles. The van der Waals surface area contributed by atoms with Gasteiger partial charge in [-0.3, -0.25) is 13.9 Å². The van der Waals surface area contributed by atoms with E-state index in [1.54, 1.807) is 47.4 Å². The first kappa shape index (κ1) is 31.9. The number of amides is 2. The van der Waals surface area contributed by atoms with Crippen molar-refractivity contribution in [3.8, 4) is 0 Å². The number of nitrogens with two attached hydrogens (primary N) is 1. The Morgan fingerprint density at radius 2 is 1.57 bits per heavy atom. The standard InChI is InChI=1S/C27H36N4O6S2.ClH/c1-26(2,28)25(33)29-22(18-39(36,37)17-20-9-5-4-6-10-20)24(32)30-15-13-27(14-16-30)19-31(38(3,34)35)23-12-8-7-11-21(23)27;/h4-12,22H,13-19,28H2,1-3H3,(H,29,33);1H/t22-;/m1./s1. The molecule has 0 unspecified atom stereocenters. The summed E-state index contributed by atoms with van der Waals surface area (Å²) in [7, 11) is -7.25. The van der Waals surface area contributed by atoms with Crippen molar-refractivity contribution >= 4 is 49.8 Å². The second-order valence-electron chi connectivity index (χ2n) is 11.2. The molecule has 3 N–H and O–H groups in total. The van der Waals surface area contributed by atoms with Gasteiger partial charge >= 0.3 is 0 Å². The molecule has 0 radical (unpaired) electrons. The zero-order chi connectivity index (χ0) is 28.6. The van der Waals surface area contributed by atoms with Crippen molar-refractivity contribution < 1.29 is 26.4 Å². The van der Waals surface area contributed by atoms with Gasteiger partial charge in [-0.05, 0) is 43.9 Å². The number of benzene rings is 2. The van der Waals surface area contributed by atoms with Crippen molar-refractivity contribution in [2.75, 3.05) is 35.9 Å². The molecule has 0 aromatic heterocycles. The van der Waals surface area contributed by atoms with Gasteiger partial charge in [0.1, 0.15) is 6.04 Å². The van der Waals surface area contributed by atoms with Crippen LogP contribution in [0.2, 0.25) is 0 Å². The maximum Gasteiger partial charge on any atom is 0.246 e. The van der Waals surface area contributed by atoms with Crippen LogP contribution in [0.5, 0.6) is 0 Å². The van der Waals surface area contributed by atoms with E-state index in [2.05, 4.69) is 5.32 Å². The van der Waals surface area contributed by atoms with Gasteiger partial charge in [-0.15, -0.1) is 12.4 Å². The van der Waals surface area contributed by atoms with Crippen LogP contribution < -0.4 is 15.4 Å². The Labute approximate surface area is 242 Å². The van der Waals surface area contributed by atoms with Crippen LogP contribution in [-0.4, -0.2) is 76.8 Å². The van der Waals surface area contributed by atoms with E-state index in [0.29, 0.717) is 43.7 Å². The monoisotopic (exact) mass is 612 g/mol. The Kier molecular flexibility index (Phi) is 9.29. The van der Waals surface area contributed by atoms with Crippen LogP contribution in [0.3, 0.4) is 0 Å². The topological polar surface area (TPSA) is 147 Å². The minimum Gasteiger partial charge on any atom is -0.342 e. The van der Waals surface area contributed by atoms with Crippen molar-refractivity contribution in [2.24, 2.45) is 5.73 Å². The molecule has 220 valence electrons. The summed E-state index contributed by atoms with van der Waals surface area (Å²) in [6.07, 6.45) is 2.19. The second-order valence-corrected chi connectivity index (χ2v) is 15.2. The molecule has 40 heavy (non-hydrogen) atoms. The molecule has 0 bridgehead atoms. The summed E-state index contributed by atoms with van der Waals surface area (Å²) in [5, 5.41) is 2.58. The number of hydrogen-bond acceptors (Lipinski definition) is 7. The molecule has 1 spiro atoms. The molecule has 2 heterocycles. The van der Waals surface area contributed by atoms with Crippen LogP contribution in [0.25, 0.3) is 0 Å². The van der Waals surface area contributed by atoms with Gasteiger partial charge < -0.3 is 16.0 Å². The lowest BCUT2D eigenvalue weighted by atomic mass is 9.74. The molecular weight excluding hydrogens is 576 g/mol. The number of halogens is 1. The number of sulfonamides is 1. The van der Waals surface area contributed by atoms with Crippen LogP contribution in [0.4, 0.5) is 5.69 Å². The van der Waals surface area contributed by atoms with Gasteiger partial charge in [0.15, 0.2) is 9.84 Å². The van der Waals surface area contributed by atoms with Gasteiger partial charge in [0.25, 0.3) is 0 Å². The number of carbonyl (C=O) groups excluding carboxylic acids is 2. The Hall–Kier alpha value is -2.67. The quantitative estimate of drug-likeness (QED) is 0.460. The van der Waals surface area contributed by atoms with Gasteiger partial charge in [0.2, 0.25) is 21.8 Å². The van der Waals surface area contributed by atoms with E-state index in [4.69, 9.17) is 5.73 Å². The van der Waals surface area contributed by atoms with Crippen molar-refractivity contribution in [2.45, 2.75) is 49.4 Å². The fraction of sp³-hybridized carbons (Fsp3) is 0.481. The van der Waals surface area contributed by atoms with Crippen molar-refractivity contribution in [3.63, 3.8) is 0 Å². The van der Waals surface area contributed by atoms with Crippen molar-refractivity contribution in [1.29, 1.82) is 0 Å². The number of hydrogen-bond donors (Lipinski definition) is 2. The second kappa shape index (κ2) is 11.7. The summed E-state index contributed by atoms with van der Waals surface area (Å²) in [5.41, 5.74) is 6.34. The van der Waals surface area contributed by atoms with Gasteiger partial charge in [-0.25, -0.2) is 16.8 Å². The minimum absolute atomic E-state index is 0. The highest BCUT2D eigenvalue weighted by molar-refractivity contribution is 7.92. The average molecular weight is 613 g/mol. The maximum atomic E-state index is 13.7. The highest BCUT2D eigenvalue weighted by Gasteiger charge is 2.48. The zero-order valence-corrected chi connectivity index (χ0v) is 25.3. The number of carbonyl (C=O) groups is 2. The first-order valence-corrected chi connectivity index (χ1v) is 16.5. The predicted molar refractivity (Wildman–Crippen MR) is 158 cm³/mol. The summed E-state index contributed by atoms with van der Waals surface area (Å²) in [5.74, 6) is -1.95. The summed E-state index contributed by atoms with van der Waals surface area (Å²) >= 11 is 0. The normalized spacial score (nSPS) is 17.6. The Morgan fingerprint density at radius 1 is 1.00 bits per heavy atom. The summed E-state index contributed by atoms with van der Waals surface area (Å²) in [6.45, 7) is 3.85. The van der Waals surface area contributed by atoms with Gasteiger partial charge in [-0.2, -0.15) is 0 Å². The first-order chi connectivity index (χ1) is 18.1. The molecule has 1 saturated heterocycles. The average Bonchev–Trinajstić information content (AvgIpc) is 3.18. The number of nitrogens with one attached hydrogen (secondary N) is 1. The molecule has 13 heteroatoms. The van der Waals surface area contributed by atoms with E-state index in [0.717, 1.165) is 5.56 Å². The van der Waals surface area contributed by atoms with Gasteiger partial charge in [0.05, 0.1) is 29.0 Å². The lowest BCUT2D eigenvalue weighted by molar-refractivity contribution is -0.138. The number of fused-ring (bicyclic) bond motifs is 2. The largest absolute Gasteiger partial charge is 0.342 e. The van der Waals surface area contributed by atoms with E-state index in [1.165, 1.54) is 24.4 Å². The third-order valence-electron chi connectivity index (χ3n) is 7.46. The van der Waals surface area contributed by atoms with E-state index in [-0.39, 0.29) is 18.2 Å².